The van der Waals surface area contributed by atoms with Gasteiger partial charge in [-0.2, -0.15) is 0 Å². The van der Waals surface area contributed by atoms with E-state index < -0.39 is 33.6 Å². The summed E-state index contributed by atoms with van der Waals surface area (Å²) >= 11 is 0. The third kappa shape index (κ3) is 13.4. The molecule has 0 aliphatic carbocycles. The Kier molecular flexibility index (Phi) is 22.1. The van der Waals surface area contributed by atoms with E-state index in [2.05, 4.69) is 0 Å². The Morgan fingerprint density at radius 2 is 1.41 bits per heavy atom. The van der Waals surface area contributed by atoms with Crippen molar-refractivity contribution >= 4 is 15.2 Å². The summed E-state index contributed by atoms with van der Waals surface area (Å²) in [5, 5.41) is 6.22. The maximum Gasteiger partial charge on any atom is 1.00 e. The van der Waals surface area contributed by atoms with E-state index in [1.807, 2.05) is 0 Å². The zero-order valence-corrected chi connectivity index (χ0v) is 12.9. The summed E-state index contributed by atoms with van der Waals surface area (Å²) in [6.45, 7) is -0.392. The molecule has 0 aromatic heterocycles. The van der Waals surface area contributed by atoms with Crippen molar-refractivity contribution in [1.82, 2.24) is 0 Å². The first kappa shape index (κ1) is 30.9. The van der Waals surface area contributed by atoms with E-state index in [1.54, 1.807) is 0 Å². The minimum atomic E-state index is -5.05. The molecule has 0 aliphatic rings. The first-order chi connectivity index (χ1) is 5.69. The molecule has 10 nitrogen and oxygen atoms in total. The first-order valence-corrected chi connectivity index (χ1v) is 6.72. The zero-order valence-electron chi connectivity index (χ0n) is 9.11. The van der Waals surface area contributed by atoms with Gasteiger partial charge in [0, 0.05) is 6.61 Å². The second kappa shape index (κ2) is 12.2. The molecule has 104 valence electrons. The van der Waals surface area contributed by atoms with Crippen LogP contribution in [0.3, 0.4) is 0 Å². The van der Waals surface area contributed by atoms with Crippen molar-refractivity contribution in [1.29, 1.82) is 0 Å². The fourth-order valence-corrected chi connectivity index (χ4v) is 3.34. The summed E-state index contributed by atoms with van der Waals surface area (Å²) in [7, 11) is -9.92. The van der Waals surface area contributed by atoms with Gasteiger partial charge in [-0.25, -0.2) is 0 Å². The molecule has 0 aromatic rings. The van der Waals surface area contributed by atoms with E-state index in [-0.39, 0.29) is 52.4 Å². The van der Waals surface area contributed by atoms with E-state index in [9.17, 15) is 14.0 Å². The van der Waals surface area contributed by atoms with Gasteiger partial charge in [0.15, 0.2) is 0 Å². The minimum absolute atomic E-state index is 0. The van der Waals surface area contributed by atoms with Crippen LogP contribution >= 0.6 is 15.2 Å². The summed E-state index contributed by atoms with van der Waals surface area (Å²) in [5.41, 5.74) is 0. The molecular formula is C4H17NaO10P2. The molecule has 2 unspecified atom stereocenters. The van der Waals surface area contributed by atoms with Crippen LogP contribution in [0, 0.1) is 0 Å². The summed E-state index contributed by atoms with van der Waals surface area (Å²) in [6.07, 6.45) is -0.555. The summed E-state index contributed by atoms with van der Waals surface area (Å²) in [6, 6.07) is 0. The third-order valence-electron chi connectivity index (χ3n) is 1.39. The maximum atomic E-state index is 10.6. The van der Waals surface area contributed by atoms with Crippen LogP contribution in [-0.4, -0.2) is 48.2 Å². The van der Waals surface area contributed by atoms with E-state index in [0.717, 1.165) is 0 Å². The molecule has 0 spiro atoms. The fraction of sp³-hybridized carbons (Fsp3) is 1.00. The van der Waals surface area contributed by atoms with Crippen LogP contribution in [0.1, 0.15) is 12.8 Å². The Labute approximate surface area is 120 Å². The Balaban J connectivity index is -0.000000120. The normalized spacial score (nSPS) is 14.9. The topological polar surface area (TPSA) is 233 Å². The Bertz CT molecular complexity index is 225. The van der Waals surface area contributed by atoms with Crippen LogP contribution in [0.25, 0.3) is 0 Å². The predicted molar refractivity (Wildman–Crippen MR) is 52.8 cm³/mol. The SMILES string of the molecule is O.O.O.O=P([O-])(O)C(CCCO)P(=O)(O)O.[Na+]. The average Bonchev–Trinajstić information content (AvgIpc) is 1.81. The van der Waals surface area contributed by atoms with Crippen LogP contribution < -0.4 is 34.5 Å². The van der Waals surface area contributed by atoms with Crippen molar-refractivity contribution in [3.8, 4) is 0 Å². The van der Waals surface area contributed by atoms with Crippen LogP contribution in [0.4, 0.5) is 0 Å². The fourth-order valence-electron chi connectivity index (χ4n) is 0.795. The molecule has 10 N–H and O–H groups in total. The molecular weight excluding hydrogens is 293 g/mol. The van der Waals surface area contributed by atoms with Crippen molar-refractivity contribution < 1.29 is 79.8 Å². The predicted octanol–water partition coefficient (Wildman–Crippen LogP) is -6.66. The van der Waals surface area contributed by atoms with Gasteiger partial charge in [-0.3, -0.25) is 4.57 Å². The quantitative estimate of drug-likeness (QED) is 0.282. The molecule has 2 atom stereocenters. The monoisotopic (exact) mass is 310 g/mol. The molecule has 17 heavy (non-hydrogen) atoms. The number of hydrogen-bond acceptors (Lipinski definition) is 4. The molecule has 0 aromatic carbocycles. The van der Waals surface area contributed by atoms with Crippen LogP contribution in [0.2, 0.25) is 0 Å². The molecule has 0 saturated carbocycles. The average molecular weight is 310 g/mol. The van der Waals surface area contributed by atoms with Gasteiger partial charge < -0.3 is 45.7 Å². The Morgan fingerprint density at radius 3 is 1.59 bits per heavy atom. The van der Waals surface area contributed by atoms with Gasteiger partial charge in [0.2, 0.25) is 0 Å². The molecule has 0 radical (unpaired) electrons. The number of rotatable bonds is 5. The molecule has 0 aliphatic heterocycles. The Hall–Kier alpha value is 1.14. The van der Waals surface area contributed by atoms with Gasteiger partial charge in [0.05, 0.1) is 0 Å². The van der Waals surface area contributed by atoms with E-state index in [0.29, 0.717) is 0 Å². The van der Waals surface area contributed by atoms with Crippen molar-refractivity contribution in [2.24, 2.45) is 0 Å². The van der Waals surface area contributed by atoms with E-state index >= 15 is 0 Å². The van der Waals surface area contributed by atoms with Gasteiger partial charge in [0.25, 0.3) is 0 Å². The summed E-state index contributed by atoms with van der Waals surface area (Å²) < 4.78 is 21.1. The summed E-state index contributed by atoms with van der Waals surface area (Å²) in [5.74, 6) is 0. The first-order valence-electron chi connectivity index (χ1n) is 3.39. The van der Waals surface area contributed by atoms with Crippen LogP contribution in [0.5, 0.6) is 0 Å². The second-order valence-corrected chi connectivity index (χ2v) is 6.46. The minimum Gasteiger partial charge on any atom is -0.778 e. The molecule has 0 saturated heterocycles. The molecule has 0 rings (SSSR count). The third-order valence-corrected chi connectivity index (χ3v) is 5.21. The van der Waals surface area contributed by atoms with Crippen LogP contribution in [0.15, 0.2) is 0 Å². The van der Waals surface area contributed by atoms with E-state index in [1.165, 1.54) is 0 Å². The Morgan fingerprint density at radius 1 is 1.06 bits per heavy atom. The van der Waals surface area contributed by atoms with Gasteiger partial charge >= 0.3 is 37.2 Å². The molecule has 13 heteroatoms. The number of aliphatic hydroxyl groups is 1. The maximum absolute atomic E-state index is 10.6. The van der Waals surface area contributed by atoms with Crippen molar-refractivity contribution in [3.63, 3.8) is 0 Å². The van der Waals surface area contributed by atoms with Gasteiger partial charge in [-0.05, 0) is 12.8 Å². The smallest absolute Gasteiger partial charge is 0.778 e. The van der Waals surface area contributed by atoms with Crippen molar-refractivity contribution in [2.45, 2.75) is 18.2 Å². The number of hydrogen-bond donors (Lipinski definition) is 4. The molecule has 0 bridgehead atoms. The second-order valence-electron chi connectivity index (χ2n) is 2.50. The molecule has 0 amide bonds. The van der Waals surface area contributed by atoms with Gasteiger partial charge in [0.1, 0.15) is 13.0 Å². The largest absolute Gasteiger partial charge is 1.00 e. The van der Waals surface area contributed by atoms with E-state index in [4.69, 9.17) is 19.8 Å². The van der Waals surface area contributed by atoms with Gasteiger partial charge in [-0.15, -0.1) is 0 Å². The van der Waals surface area contributed by atoms with Gasteiger partial charge in [-0.1, -0.05) is 0 Å². The van der Waals surface area contributed by atoms with Crippen molar-refractivity contribution in [3.05, 3.63) is 0 Å². The molecule has 0 fully saturated rings. The standard InChI is InChI=1S/C4H12O7P2.Na.3H2O/c5-3-1-2-4(12(6,7)8)13(9,10)11;;;;/h4-5H,1-3H2,(H2,6,7,8)(H2,9,10,11);;3*1H2/q;+1;;;/p-1. The van der Waals surface area contributed by atoms with Crippen molar-refractivity contribution in [2.75, 3.05) is 6.61 Å². The summed E-state index contributed by atoms with van der Waals surface area (Å²) in [4.78, 5) is 36.0. The number of aliphatic hydroxyl groups excluding tert-OH is 1. The van der Waals surface area contributed by atoms with Crippen LogP contribution in [-0.2, 0) is 9.13 Å². The zero-order chi connectivity index (χ0) is 10.7. The molecule has 0 heterocycles.